The van der Waals surface area contributed by atoms with Gasteiger partial charge in [0.05, 0.1) is 22.9 Å². The van der Waals surface area contributed by atoms with Gasteiger partial charge in [0.25, 0.3) is 6.20 Å². The first-order chi connectivity index (χ1) is 11.5. The molecule has 1 heterocycles. The number of aromatic nitrogens is 1. The van der Waals surface area contributed by atoms with Gasteiger partial charge in [-0.05, 0) is 26.2 Å². The molecule has 0 bridgehead atoms. The highest BCUT2D eigenvalue weighted by Gasteiger charge is 2.02. The van der Waals surface area contributed by atoms with Crippen LogP contribution in [0.4, 0.5) is 0 Å². The minimum absolute atomic E-state index is 0.238. The highest BCUT2D eigenvalue weighted by molar-refractivity contribution is 7.98. The van der Waals surface area contributed by atoms with Gasteiger partial charge in [-0.25, -0.2) is 0 Å². The number of rotatable bonds is 11. The maximum Gasteiger partial charge on any atom is 0.274 e. The molecule has 0 unspecified atom stereocenters. The van der Waals surface area contributed by atoms with Crippen molar-refractivity contribution in [2.24, 2.45) is 0 Å². The molecule has 7 nitrogen and oxygen atoms in total. The molecule has 1 aromatic rings. The molecular weight excluding hydrogens is 326 g/mol. The second-order valence-electron chi connectivity index (χ2n) is 5.22. The van der Waals surface area contributed by atoms with E-state index in [1.165, 1.54) is 0 Å². The summed E-state index contributed by atoms with van der Waals surface area (Å²) in [6.07, 6.45) is 6.02. The molecule has 0 aromatic carbocycles. The summed E-state index contributed by atoms with van der Waals surface area (Å²) in [7, 11) is 4.03. The number of terminal acetylenes is 1. The molecule has 0 fully saturated rings. The van der Waals surface area contributed by atoms with Crippen LogP contribution in [0, 0.1) is 22.5 Å². The van der Waals surface area contributed by atoms with Crippen LogP contribution in [0.2, 0.25) is 0 Å². The summed E-state index contributed by atoms with van der Waals surface area (Å²) < 4.78 is 0. The van der Waals surface area contributed by atoms with Gasteiger partial charge < -0.3 is 15.5 Å². The number of thioether (sulfide) groups is 1. The highest BCUT2D eigenvalue weighted by atomic mass is 32.2. The Hall–Kier alpha value is -2.24. The van der Waals surface area contributed by atoms with Crippen molar-refractivity contribution in [2.75, 3.05) is 32.9 Å². The lowest BCUT2D eigenvalue weighted by atomic mass is 10.3. The average Bonchev–Trinajstić information content (AvgIpc) is 2.51. The van der Waals surface area contributed by atoms with E-state index in [1.54, 1.807) is 11.8 Å². The number of nitrogens with one attached hydrogen (secondary N) is 2. The molecule has 24 heavy (non-hydrogen) atoms. The van der Waals surface area contributed by atoms with Gasteiger partial charge in [0.1, 0.15) is 0 Å². The van der Waals surface area contributed by atoms with Gasteiger partial charge in [0.2, 0.25) is 0 Å². The van der Waals surface area contributed by atoms with E-state index < -0.39 is 4.92 Å². The zero-order valence-corrected chi connectivity index (χ0v) is 14.8. The minimum Gasteiger partial charge on any atom is -0.366 e. The van der Waals surface area contributed by atoms with E-state index in [1.807, 2.05) is 32.3 Å². The number of nitrogens with zero attached hydrogens (tertiary/aromatic N) is 3. The SMILES string of the molecule is C#CCN/C(=C/[N+](=O)[O-])NCCSCc1cccc(CN(C)C)n1. The molecule has 0 aliphatic rings. The molecule has 0 saturated heterocycles. The molecule has 1 rings (SSSR count). The fourth-order valence-electron chi connectivity index (χ4n) is 1.86. The van der Waals surface area contributed by atoms with E-state index in [0.29, 0.717) is 12.4 Å². The van der Waals surface area contributed by atoms with Crippen molar-refractivity contribution < 1.29 is 4.92 Å². The molecule has 0 radical (unpaired) electrons. The Kier molecular flexibility index (Phi) is 9.34. The summed E-state index contributed by atoms with van der Waals surface area (Å²) in [5.74, 6) is 4.30. The standard InChI is InChI=1S/C16H23N5O2S/c1-4-8-17-16(12-21(22)23)18-9-10-24-13-15-7-5-6-14(19-15)11-20(2)3/h1,5-7,12,17-18H,8-11,13H2,2-3H3/b16-12-. The van der Waals surface area contributed by atoms with Crippen LogP contribution in [0.1, 0.15) is 11.4 Å². The van der Waals surface area contributed by atoms with Gasteiger partial charge in [-0.15, -0.1) is 6.42 Å². The van der Waals surface area contributed by atoms with Crippen LogP contribution in [-0.4, -0.2) is 47.7 Å². The number of nitro groups is 1. The maximum atomic E-state index is 10.5. The quantitative estimate of drug-likeness (QED) is 0.269. The molecule has 0 amide bonds. The smallest absolute Gasteiger partial charge is 0.274 e. The molecule has 0 saturated carbocycles. The molecule has 8 heteroatoms. The van der Waals surface area contributed by atoms with Gasteiger partial charge in [0, 0.05) is 24.6 Å². The van der Waals surface area contributed by atoms with Gasteiger partial charge in [-0.2, -0.15) is 11.8 Å². The second kappa shape index (κ2) is 11.3. The van der Waals surface area contributed by atoms with Crippen molar-refractivity contribution in [1.29, 1.82) is 0 Å². The first kappa shape index (κ1) is 19.8. The lowest BCUT2D eigenvalue weighted by Crippen LogP contribution is -2.29. The third-order valence-corrected chi connectivity index (χ3v) is 3.76. The van der Waals surface area contributed by atoms with Crippen LogP contribution < -0.4 is 10.6 Å². The van der Waals surface area contributed by atoms with Crippen molar-refractivity contribution in [2.45, 2.75) is 12.3 Å². The van der Waals surface area contributed by atoms with Crippen molar-refractivity contribution in [3.05, 3.63) is 51.7 Å². The third kappa shape index (κ3) is 9.02. The molecule has 0 aliphatic heterocycles. The average molecular weight is 349 g/mol. The number of hydrogen-bond donors (Lipinski definition) is 2. The predicted octanol–water partition coefficient (Wildman–Crippen LogP) is 1.26. The van der Waals surface area contributed by atoms with E-state index in [9.17, 15) is 10.1 Å². The fourth-order valence-corrected chi connectivity index (χ4v) is 2.62. The van der Waals surface area contributed by atoms with Crippen LogP contribution in [0.3, 0.4) is 0 Å². The summed E-state index contributed by atoms with van der Waals surface area (Å²) >= 11 is 1.71. The van der Waals surface area contributed by atoms with E-state index >= 15 is 0 Å². The Morgan fingerprint density at radius 3 is 2.88 bits per heavy atom. The van der Waals surface area contributed by atoms with Crippen molar-refractivity contribution >= 4 is 11.8 Å². The first-order valence-corrected chi connectivity index (χ1v) is 8.60. The van der Waals surface area contributed by atoms with Crippen LogP contribution >= 0.6 is 11.8 Å². The maximum absolute atomic E-state index is 10.5. The highest BCUT2D eigenvalue weighted by Crippen LogP contribution is 2.10. The predicted molar refractivity (Wildman–Crippen MR) is 97.7 cm³/mol. The van der Waals surface area contributed by atoms with Crippen molar-refractivity contribution in [1.82, 2.24) is 20.5 Å². The van der Waals surface area contributed by atoms with Gasteiger partial charge in [0.15, 0.2) is 5.82 Å². The normalized spacial score (nSPS) is 11.2. The fraction of sp³-hybridized carbons (Fsp3) is 0.438. The van der Waals surface area contributed by atoms with E-state index in [0.717, 1.165) is 35.6 Å². The summed E-state index contributed by atoms with van der Waals surface area (Å²) in [5, 5.41) is 16.3. The van der Waals surface area contributed by atoms with Gasteiger partial charge >= 0.3 is 0 Å². The van der Waals surface area contributed by atoms with Crippen LogP contribution in [0.25, 0.3) is 0 Å². The summed E-state index contributed by atoms with van der Waals surface area (Å²) in [5.41, 5.74) is 2.08. The van der Waals surface area contributed by atoms with E-state index in [-0.39, 0.29) is 6.54 Å². The zero-order valence-electron chi connectivity index (χ0n) is 14.0. The van der Waals surface area contributed by atoms with Crippen LogP contribution in [0.15, 0.2) is 30.2 Å². The van der Waals surface area contributed by atoms with Crippen molar-refractivity contribution in [3.8, 4) is 12.3 Å². The van der Waals surface area contributed by atoms with E-state index in [4.69, 9.17) is 6.42 Å². The number of pyridine rings is 1. The second-order valence-corrected chi connectivity index (χ2v) is 6.33. The molecule has 2 N–H and O–H groups in total. The van der Waals surface area contributed by atoms with Gasteiger partial charge in [-0.1, -0.05) is 12.0 Å². The van der Waals surface area contributed by atoms with Crippen LogP contribution in [-0.2, 0) is 12.3 Å². The monoisotopic (exact) mass is 349 g/mol. The number of hydrogen-bond acceptors (Lipinski definition) is 7. The van der Waals surface area contributed by atoms with Crippen molar-refractivity contribution in [3.63, 3.8) is 0 Å². The Morgan fingerprint density at radius 2 is 2.21 bits per heavy atom. The first-order valence-electron chi connectivity index (χ1n) is 7.45. The van der Waals surface area contributed by atoms with Crippen LogP contribution in [0.5, 0.6) is 0 Å². The Labute approximate surface area is 147 Å². The molecule has 130 valence electrons. The molecule has 0 aliphatic carbocycles. The largest absolute Gasteiger partial charge is 0.366 e. The molecular formula is C16H23N5O2S. The lowest BCUT2D eigenvalue weighted by Gasteiger charge is -2.10. The summed E-state index contributed by atoms with van der Waals surface area (Å²) in [4.78, 5) is 16.7. The third-order valence-electron chi connectivity index (χ3n) is 2.77. The molecule has 0 atom stereocenters. The summed E-state index contributed by atoms with van der Waals surface area (Å²) in [6, 6.07) is 6.04. The van der Waals surface area contributed by atoms with Gasteiger partial charge in [-0.3, -0.25) is 15.1 Å². The minimum atomic E-state index is -0.515. The zero-order chi connectivity index (χ0) is 17.8. The summed E-state index contributed by atoms with van der Waals surface area (Å²) in [6.45, 7) is 1.65. The Bertz CT molecular complexity index is 598. The lowest BCUT2D eigenvalue weighted by molar-refractivity contribution is -0.404. The Balaban J connectivity index is 2.35. The molecule has 0 spiro atoms. The topological polar surface area (TPSA) is 83.3 Å². The Morgan fingerprint density at radius 1 is 1.46 bits per heavy atom. The molecule has 1 aromatic heterocycles. The van der Waals surface area contributed by atoms with E-state index in [2.05, 4.69) is 26.4 Å².